The standard InChI is InChI=1S/C40H31N/c1-28-15-21-31(22-16-28)38(32-23-17-29(2)18-24-32)27-30-19-25-33(26-20-30)41-39-13-7-5-11-36(39)34-9-3-4-10-35(34)37-12-6-8-14-40(37)41/h3-27H,1-2H3. The third-order valence-corrected chi connectivity index (χ3v) is 7.98. The zero-order valence-electron chi connectivity index (χ0n) is 23.4. The molecule has 0 saturated heterocycles. The molecule has 1 aliphatic rings. The Bertz CT molecular complexity index is 1760. The summed E-state index contributed by atoms with van der Waals surface area (Å²) in [4.78, 5) is 2.40. The topological polar surface area (TPSA) is 3.24 Å². The molecule has 1 nitrogen and oxygen atoms in total. The van der Waals surface area contributed by atoms with Gasteiger partial charge in [0.25, 0.3) is 0 Å². The summed E-state index contributed by atoms with van der Waals surface area (Å²) in [6.45, 7) is 4.27. The van der Waals surface area contributed by atoms with Gasteiger partial charge in [-0.05, 0) is 77.6 Å². The van der Waals surface area contributed by atoms with Crippen molar-refractivity contribution in [2.24, 2.45) is 0 Å². The summed E-state index contributed by atoms with van der Waals surface area (Å²) in [6.07, 6.45) is 2.30. The van der Waals surface area contributed by atoms with Crippen LogP contribution in [0.25, 0.3) is 33.9 Å². The van der Waals surface area contributed by atoms with Crippen molar-refractivity contribution in [2.45, 2.75) is 13.8 Å². The fourth-order valence-electron chi connectivity index (χ4n) is 5.84. The maximum Gasteiger partial charge on any atom is 0.0540 e. The van der Waals surface area contributed by atoms with Gasteiger partial charge >= 0.3 is 0 Å². The molecule has 7 rings (SSSR count). The maximum absolute atomic E-state index is 2.40. The summed E-state index contributed by atoms with van der Waals surface area (Å²) < 4.78 is 0. The zero-order chi connectivity index (χ0) is 27.8. The van der Waals surface area contributed by atoms with E-state index in [0.29, 0.717) is 0 Å². The number of para-hydroxylation sites is 2. The summed E-state index contributed by atoms with van der Waals surface area (Å²) in [7, 11) is 0. The zero-order valence-corrected chi connectivity index (χ0v) is 23.4. The van der Waals surface area contributed by atoms with Gasteiger partial charge in [0, 0.05) is 16.8 Å². The molecular formula is C40H31N. The van der Waals surface area contributed by atoms with Gasteiger partial charge in [0.15, 0.2) is 0 Å². The number of hydrogen-bond acceptors (Lipinski definition) is 1. The third-order valence-electron chi connectivity index (χ3n) is 7.98. The van der Waals surface area contributed by atoms with Crippen molar-refractivity contribution in [3.05, 3.63) is 173 Å². The predicted molar refractivity (Wildman–Crippen MR) is 175 cm³/mol. The second kappa shape index (κ2) is 10.4. The largest absolute Gasteiger partial charge is 0.309 e. The van der Waals surface area contributed by atoms with E-state index in [9.17, 15) is 0 Å². The molecule has 6 aromatic rings. The van der Waals surface area contributed by atoms with Crippen molar-refractivity contribution in [2.75, 3.05) is 4.90 Å². The third kappa shape index (κ3) is 4.66. The Kier molecular flexibility index (Phi) is 6.34. The quantitative estimate of drug-likeness (QED) is 0.207. The lowest BCUT2D eigenvalue weighted by Crippen LogP contribution is -2.10. The maximum atomic E-state index is 2.40. The monoisotopic (exact) mass is 525 g/mol. The minimum absolute atomic E-state index is 1.14. The molecule has 0 amide bonds. The van der Waals surface area contributed by atoms with Crippen LogP contribution in [0.5, 0.6) is 0 Å². The molecule has 41 heavy (non-hydrogen) atoms. The Morgan fingerprint density at radius 2 is 0.854 bits per heavy atom. The molecule has 196 valence electrons. The van der Waals surface area contributed by atoms with Gasteiger partial charge in [-0.25, -0.2) is 0 Å². The highest BCUT2D eigenvalue weighted by atomic mass is 15.1. The van der Waals surface area contributed by atoms with Gasteiger partial charge in [-0.3, -0.25) is 0 Å². The average Bonchev–Trinajstić information content (AvgIpc) is 3.14. The first kappa shape index (κ1) is 24.9. The highest BCUT2D eigenvalue weighted by Gasteiger charge is 2.25. The van der Waals surface area contributed by atoms with Crippen molar-refractivity contribution in [3.63, 3.8) is 0 Å². The normalized spacial score (nSPS) is 11.6. The van der Waals surface area contributed by atoms with E-state index in [1.54, 1.807) is 0 Å². The molecule has 0 aromatic heterocycles. The molecule has 1 aliphatic heterocycles. The number of hydrogen-bond donors (Lipinski definition) is 0. The van der Waals surface area contributed by atoms with Crippen LogP contribution in [0.15, 0.2) is 146 Å². The van der Waals surface area contributed by atoms with E-state index in [0.717, 1.165) is 5.69 Å². The Morgan fingerprint density at radius 1 is 0.439 bits per heavy atom. The van der Waals surface area contributed by atoms with Crippen LogP contribution in [0.1, 0.15) is 27.8 Å². The Labute approximate surface area is 242 Å². The van der Waals surface area contributed by atoms with Crippen LogP contribution in [-0.2, 0) is 0 Å². The van der Waals surface area contributed by atoms with Crippen molar-refractivity contribution >= 4 is 28.7 Å². The van der Waals surface area contributed by atoms with Gasteiger partial charge < -0.3 is 4.90 Å². The summed E-state index contributed by atoms with van der Waals surface area (Å²) >= 11 is 0. The van der Waals surface area contributed by atoms with Gasteiger partial charge in [0.05, 0.1) is 11.4 Å². The van der Waals surface area contributed by atoms with Crippen molar-refractivity contribution in [1.82, 2.24) is 0 Å². The minimum atomic E-state index is 1.14. The van der Waals surface area contributed by atoms with Crippen LogP contribution in [0.4, 0.5) is 17.1 Å². The van der Waals surface area contributed by atoms with Crippen LogP contribution in [0, 0.1) is 13.8 Å². The number of aryl methyl sites for hydroxylation is 2. The second-order valence-electron chi connectivity index (χ2n) is 10.8. The van der Waals surface area contributed by atoms with Gasteiger partial charge in [0.2, 0.25) is 0 Å². The fourth-order valence-corrected chi connectivity index (χ4v) is 5.84. The molecule has 0 bridgehead atoms. The predicted octanol–water partition coefficient (Wildman–Crippen LogP) is 11.0. The lowest BCUT2D eigenvalue weighted by atomic mass is 9.94. The first-order valence-electron chi connectivity index (χ1n) is 14.2. The summed E-state index contributed by atoms with van der Waals surface area (Å²) in [5, 5.41) is 0. The smallest absolute Gasteiger partial charge is 0.0540 e. The van der Waals surface area contributed by atoms with Crippen LogP contribution in [-0.4, -0.2) is 0 Å². The summed E-state index contributed by atoms with van der Waals surface area (Å²) in [5.41, 5.74) is 15.9. The number of anilines is 3. The Balaban J connectivity index is 1.35. The van der Waals surface area contributed by atoms with Crippen molar-refractivity contribution in [3.8, 4) is 22.3 Å². The van der Waals surface area contributed by atoms with Gasteiger partial charge in [-0.2, -0.15) is 0 Å². The SMILES string of the molecule is Cc1ccc(C(=Cc2ccc(N3c4ccccc4-c4ccccc4-c4ccccc43)cc2)c2ccc(C)cc2)cc1. The fraction of sp³-hybridized carbons (Fsp3) is 0.0500. The molecule has 0 spiro atoms. The van der Waals surface area contributed by atoms with Crippen LogP contribution >= 0.6 is 0 Å². The van der Waals surface area contributed by atoms with E-state index in [4.69, 9.17) is 0 Å². The molecule has 0 aliphatic carbocycles. The number of benzene rings is 6. The van der Waals surface area contributed by atoms with E-state index >= 15 is 0 Å². The molecule has 1 heterocycles. The highest BCUT2D eigenvalue weighted by molar-refractivity contribution is 6.02. The van der Waals surface area contributed by atoms with Crippen LogP contribution < -0.4 is 4.90 Å². The first-order valence-corrected chi connectivity index (χ1v) is 14.2. The molecule has 0 radical (unpaired) electrons. The van der Waals surface area contributed by atoms with Crippen molar-refractivity contribution < 1.29 is 0 Å². The molecule has 0 atom stereocenters. The molecular weight excluding hydrogens is 494 g/mol. The van der Waals surface area contributed by atoms with E-state index in [1.165, 1.54) is 67.0 Å². The van der Waals surface area contributed by atoms with Crippen LogP contribution in [0.2, 0.25) is 0 Å². The Morgan fingerprint density at radius 3 is 1.32 bits per heavy atom. The van der Waals surface area contributed by atoms with Gasteiger partial charge in [-0.1, -0.05) is 132 Å². The number of fused-ring (bicyclic) bond motifs is 5. The van der Waals surface area contributed by atoms with E-state index in [1.807, 2.05) is 0 Å². The minimum Gasteiger partial charge on any atom is -0.309 e. The second-order valence-corrected chi connectivity index (χ2v) is 10.8. The summed E-state index contributed by atoms with van der Waals surface area (Å²) in [6, 6.07) is 52.8. The molecule has 1 heteroatoms. The molecule has 6 aromatic carbocycles. The molecule has 0 N–H and O–H groups in total. The number of rotatable bonds is 4. The lowest BCUT2D eigenvalue weighted by Gasteiger charge is -2.27. The van der Waals surface area contributed by atoms with E-state index < -0.39 is 0 Å². The van der Waals surface area contributed by atoms with Crippen molar-refractivity contribution in [1.29, 1.82) is 0 Å². The molecule has 0 unspecified atom stereocenters. The van der Waals surface area contributed by atoms with Gasteiger partial charge in [0.1, 0.15) is 0 Å². The van der Waals surface area contributed by atoms with Crippen LogP contribution in [0.3, 0.4) is 0 Å². The average molecular weight is 526 g/mol. The van der Waals surface area contributed by atoms with Gasteiger partial charge in [-0.15, -0.1) is 0 Å². The lowest BCUT2D eigenvalue weighted by molar-refractivity contribution is 1.29. The Hall–Kier alpha value is -5.14. The first-order chi connectivity index (χ1) is 20.2. The summed E-state index contributed by atoms with van der Waals surface area (Å²) in [5.74, 6) is 0. The van der Waals surface area contributed by atoms with E-state index in [2.05, 4.69) is 170 Å². The molecule has 0 fully saturated rings. The van der Waals surface area contributed by atoms with E-state index in [-0.39, 0.29) is 0 Å². The molecule has 0 saturated carbocycles. The highest BCUT2D eigenvalue weighted by Crippen LogP contribution is 2.50. The number of nitrogens with zero attached hydrogens (tertiary/aromatic N) is 1.